The fourth-order valence-electron chi connectivity index (χ4n) is 1.24. The van der Waals surface area contributed by atoms with Crippen molar-refractivity contribution in [2.24, 2.45) is 0 Å². The summed E-state index contributed by atoms with van der Waals surface area (Å²) in [5.74, 6) is -0.599. The molecular weight excluding hydrogens is 347 g/mol. The Balaban J connectivity index is 2.41. The van der Waals surface area contributed by atoms with Gasteiger partial charge in [0.05, 0.1) is 5.69 Å². The molecule has 1 heterocycles. The number of halogens is 5. The van der Waals surface area contributed by atoms with Crippen LogP contribution >= 0.6 is 70.0 Å². The zero-order valence-corrected chi connectivity index (χ0v) is 12.6. The van der Waals surface area contributed by atoms with Crippen LogP contribution in [0.4, 0.5) is 5.69 Å². The molecule has 1 aromatic rings. The van der Waals surface area contributed by atoms with Gasteiger partial charge < -0.3 is 0 Å². The zero-order valence-electron chi connectivity index (χ0n) is 7.96. The van der Waals surface area contributed by atoms with Crippen molar-refractivity contribution in [2.75, 3.05) is 4.31 Å². The van der Waals surface area contributed by atoms with Gasteiger partial charge in [-0.15, -0.1) is 0 Å². The molecule has 0 spiro atoms. The third-order valence-corrected chi connectivity index (χ3v) is 5.88. The van der Waals surface area contributed by atoms with Crippen molar-refractivity contribution in [3.8, 4) is 0 Å². The predicted octanol–water partition coefficient (Wildman–Crippen LogP) is 4.64. The maximum atomic E-state index is 12.0. The number of anilines is 1. The third kappa shape index (κ3) is 2.34. The lowest BCUT2D eigenvalue weighted by molar-refractivity contribution is -0.117. The molecule has 0 radical (unpaired) electrons. The second-order valence-corrected chi connectivity index (χ2v) is 7.96. The van der Waals surface area contributed by atoms with Gasteiger partial charge in [0, 0.05) is 17.0 Å². The van der Waals surface area contributed by atoms with Gasteiger partial charge in [-0.05, 0) is 18.2 Å². The molecule has 0 aromatic heterocycles. The Labute approximate surface area is 127 Å². The van der Waals surface area contributed by atoms with Gasteiger partial charge in [0.2, 0.25) is 8.00 Å². The Hall–Kier alpha value is 0.490. The van der Waals surface area contributed by atoms with Crippen LogP contribution in [0.15, 0.2) is 24.3 Å². The number of carbonyl (C=O) groups excluding carboxylic acids is 1. The molecule has 2 nitrogen and oxygen atoms in total. The molecule has 1 aromatic carbocycles. The number of nitrogens with zero attached hydrogens (tertiary/aromatic N) is 1. The first-order valence-electron chi connectivity index (χ1n) is 4.30. The van der Waals surface area contributed by atoms with Crippen molar-refractivity contribution in [1.29, 1.82) is 0 Å². The summed E-state index contributed by atoms with van der Waals surface area (Å²) in [6.07, 6.45) is 0. The first-order valence-corrected chi connectivity index (χ1v) is 6.97. The van der Waals surface area contributed by atoms with E-state index in [1.54, 1.807) is 24.3 Å². The SMILES string of the molecule is O=C1N(c2cccc(Cl)c2)SC(Cl)(Cl)C1(Cl)Cl. The molecule has 92 valence electrons. The van der Waals surface area contributed by atoms with Crippen LogP contribution < -0.4 is 4.31 Å². The first kappa shape index (κ1) is 13.9. The summed E-state index contributed by atoms with van der Waals surface area (Å²) >= 11 is 30.2. The van der Waals surface area contributed by atoms with Gasteiger partial charge in [-0.1, -0.05) is 64.1 Å². The van der Waals surface area contributed by atoms with Crippen molar-refractivity contribution in [3.05, 3.63) is 29.3 Å². The zero-order chi connectivity index (χ0) is 12.8. The van der Waals surface area contributed by atoms with Crippen molar-refractivity contribution < 1.29 is 4.79 Å². The largest absolute Gasteiger partial charge is 0.277 e. The lowest BCUT2D eigenvalue weighted by atomic mass is 10.3. The summed E-state index contributed by atoms with van der Waals surface area (Å²) in [5, 5.41) is 0.479. The minimum absolute atomic E-state index is 0.479. The second kappa shape index (κ2) is 4.55. The smallest absolute Gasteiger partial charge is 0.270 e. The maximum Gasteiger partial charge on any atom is 0.277 e. The van der Waals surface area contributed by atoms with Crippen LogP contribution in [-0.2, 0) is 4.79 Å². The highest BCUT2D eigenvalue weighted by molar-refractivity contribution is 8.06. The minimum atomic E-state index is -1.90. The van der Waals surface area contributed by atoms with E-state index in [2.05, 4.69) is 0 Å². The van der Waals surface area contributed by atoms with E-state index in [0.717, 1.165) is 11.9 Å². The van der Waals surface area contributed by atoms with Gasteiger partial charge in [0.25, 0.3) is 5.91 Å². The van der Waals surface area contributed by atoms with E-state index in [-0.39, 0.29) is 0 Å². The molecule has 1 fully saturated rings. The number of amides is 1. The molecule has 0 unspecified atom stereocenters. The molecule has 1 saturated heterocycles. The van der Waals surface area contributed by atoms with Crippen LogP contribution in [0.5, 0.6) is 0 Å². The number of carbonyl (C=O) groups is 1. The quantitative estimate of drug-likeness (QED) is 0.543. The molecule has 1 aliphatic rings. The lowest BCUT2D eigenvalue weighted by Gasteiger charge is -2.18. The highest BCUT2D eigenvalue weighted by Crippen LogP contribution is 2.59. The van der Waals surface area contributed by atoms with Crippen LogP contribution in [0.3, 0.4) is 0 Å². The van der Waals surface area contributed by atoms with Crippen molar-refractivity contribution in [2.45, 2.75) is 8.00 Å². The Morgan fingerprint density at radius 2 is 1.82 bits per heavy atom. The predicted molar refractivity (Wildman–Crippen MR) is 75.4 cm³/mol. The highest BCUT2D eigenvalue weighted by atomic mass is 35.5. The first-order chi connectivity index (χ1) is 7.75. The van der Waals surface area contributed by atoms with Crippen LogP contribution in [0, 0.1) is 0 Å². The van der Waals surface area contributed by atoms with E-state index < -0.39 is 13.9 Å². The summed E-state index contributed by atoms with van der Waals surface area (Å²) in [6.45, 7) is 0. The van der Waals surface area contributed by atoms with Crippen molar-refractivity contribution in [3.63, 3.8) is 0 Å². The average Bonchev–Trinajstić information content (AvgIpc) is 2.39. The van der Waals surface area contributed by atoms with Gasteiger partial charge in [-0.3, -0.25) is 4.79 Å². The molecule has 17 heavy (non-hydrogen) atoms. The van der Waals surface area contributed by atoms with E-state index in [4.69, 9.17) is 58.0 Å². The second-order valence-electron chi connectivity index (χ2n) is 3.26. The molecule has 8 heteroatoms. The number of alkyl halides is 4. The monoisotopic (exact) mass is 349 g/mol. The van der Waals surface area contributed by atoms with Crippen LogP contribution in [0.1, 0.15) is 0 Å². The Morgan fingerprint density at radius 3 is 2.29 bits per heavy atom. The molecule has 0 aliphatic carbocycles. The standard InChI is InChI=1S/C9H4Cl5NOS/c10-5-2-1-3-6(4-5)15-7(16)8(11,12)9(13,14)17-15/h1-4H. The Morgan fingerprint density at radius 1 is 1.18 bits per heavy atom. The summed E-state index contributed by atoms with van der Waals surface area (Å²) in [5.41, 5.74) is 0.515. The summed E-state index contributed by atoms with van der Waals surface area (Å²) in [7, 11) is 0. The van der Waals surface area contributed by atoms with Gasteiger partial charge in [0.1, 0.15) is 0 Å². The number of hydrogen-bond donors (Lipinski definition) is 0. The molecule has 1 amide bonds. The normalized spacial score (nSPS) is 21.9. The number of hydrogen-bond acceptors (Lipinski definition) is 2. The third-order valence-electron chi connectivity index (χ3n) is 2.07. The molecule has 1 aliphatic heterocycles. The Bertz CT molecular complexity index is 478. The van der Waals surface area contributed by atoms with Gasteiger partial charge in [-0.25, -0.2) is 4.31 Å². The fourth-order valence-corrected chi connectivity index (χ4v) is 3.34. The molecule has 0 saturated carbocycles. The van der Waals surface area contributed by atoms with Gasteiger partial charge in [0.15, 0.2) is 0 Å². The van der Waals surface area contributed by atoms with Gasteiger partial charge >= 0.3 is 0 Å². The van der Waals surface area contributed by atoms with Crippen LogP contribution in [-0.4, -0.2) is 13.9 Å². The molecule has 0 bridgehead atoms. The Kier molecular flexibility index (Phi) is 3.72. The molecule has 0 atom stereocenters. The van der Waals surface area contributed by atoms with E-state index >= 15 is 0 Å². The number of rotatable bonds is 1. The van der Waals surface area contributed by atoms with Crippen molar-refractivity contribution in [1.82, 2.24) is 0 Å². The average molecular weight is 351 g/mol. The van der Waals surface area contributed by atoms with Gasteiger partial charge in [-0.2, -0.15) is 0 Å². The maximum absolute atomic E-state index is 12.0. The minimum Gasteiger partial charge on any atom is -0.270 e. The topological polar surface area (TPSA) is 20.3 Å². The van der Waals surface area contributed by atoms with E-state index in [1.165, 1.54) is 4.31 Å². The van der Waals surface area contributed by atoms with Crippen LogP contribution in [0.25, 0.3) is 0 Å². The van der Waals surface area contributed by atoms with Crippen molar-refractivity contribution >= 4 is 81.5 Å². The molecule has 0 N–H and O–H groups in total. The van der Waals surface area contributed by atoms with Crippen LogP contribution in [0.2, 0.25) is 5.02 Å². The summed E-state index contributed by atoms with van der Waals surface area (Å²) in [4.78, 5) is 12.0. The molecule has 2 rings (SSSR count). The van der Waals surface area contributed by atoms with E-state index in [0.29, 0.717) is 10.7 Å². The lowest BCUT2D eigenvalue weighted by Crippen LogP contribution is -2.37. The fraction of sp³-hybridized carbons (Fsp3) is 0.222. The number of benzene rings is 1. The molecular formula is C9H4Cl5NOS. The summed E-state index contributed by atoms with van der Waals surface area (Å²) in [6, 6.07) is 6.64. The van der Waals surface area contributed by atoms with E-state index in [1.807, 2.05) is 0 Å². The summed E-state index contributed by atoms with van der Waals surface area (Å²) < 4.78 is -2.31. The highest BCUT2D eigenvalue weighted by Gasteiger charge is 2.63. The van der Waals surface area contributed by atoms with E-state index in [9.17, 15) is 4.79 Å².